The van der Waals surface area contributed by atoms with Gasteiger partial charge >= 0.3 is 34.2 Å². The fourth-order valence-electron chi connectivity index (χ4n) is 7.10. The maximum atomic E-state index is 7.55. The molecule has 1 saturated heterocycles. The van der Waals surface area contributed by atoms with Crippen LogP contribution in [-0.2, 0) is 16.5 Å². The lowest BCUT2D eigenvalue weighted by Gasteiger charge is -2.53. The lowest BCUT2D eigenvalue weighted by Crippen LogP contribution is -2.69. The topological polar surface area (TPSA) is 36.9 Å². The Kier molecular flexibility index (Phi) is 8.35. The second-order valence-corrected chi connectivity index (χ2v) is 25.5. The molecule has 0 saturated carbocycles. The SMILES string of the molecule is C[Si]1(C2=CCCCC2)O[Si](C)(C2=CCCCC2)O[Si](C)(C2=CCCCC2)O[Si](C)(C2=CCCCC2)O1. The molecule has 4 nitrogen and oxygen atoms in total. The molecule has 8 heteroatoms. The predicted octanol–water partition coefficient (Wildman–Crippen LogP) is 8.51. The summed E-state index contributed by atoms with van der Waals surface area (Å²) in [6, 6.07) is 0. The van der Waals surface area contributed by atoms with Crippen molar-refractivity contribution in [1.82, 2.24) is 0 Å². The standard InChI is InChI=1S/C28H48O4Si4/c1-33(25-17-9-5-10-18-25)29-34(2,26-19-11-6-12-20-26)31-36(4,28-23-15-8-16-24-28)32-35(3,30-33)27-21-13-7-14-22-27/h17,19,21,23H,5-16,18,20,22,24H2,1-4H3. The highest BCUT2D eigenvalue weighted by Gasteiger charge is 2.61. The fourth-order valence-corrected chi connectivity index (χ4v) is 29.9. The van der Waals surface area contributed by atoms with Crippen molar-refractivity contribution < 1.29 is 16.5 Å². The maximum Gasteiger partial charge on any atom is 0.347 e. The molecule has 0 atom stereocenters. The minimum Gasteiger partial charge on any atom is -0.409 e. The largest absolute Gasteiger partial charge is 0.409 e. The van der Waals surface area contributed by atoms with Gasteiger partial charge in [0.15, 0.2) is 0 Å². The van der Waals surface area contributed by atoms with Crippen LogP contribution in [0, 0.1) is 0 Å². The summed E-state index contributed by atoms with van der Waals surface area (Å²) in [5.41, 5.74) is 0. The zero-order chi connectivity index (χ0) is 25.3. The van der Waals surface area contributed by atoms with Gasteiger partial charge in [-0.15, -0.1) is 0 Å². The maximum absolute atomic E-state index is 7.55. The van der Waals surface area contributed by atoms with Crippen LogP contribution >= 0.6 is 0 Å². The molecule has 1 heterocycles. The molecule has 0 aromatic carbocycles. The zero-order valence-electron chi connectivity index (χ0n) is 23.3. The van der Waals surface area contributed by atoms with Gasteiger partial charge in [0.05, 0.1) is 0 Å². The second-order valence-electron chi connectivity index (χ2n) is 12.1. The Morgan fingerprint density at radius 2 is 0.611 bits per heavy atom. The van der Waals surface area contributed by atoms with Crippen molar-refractivity contribution in [3.63, 3.8) is 0 Å². The van der Waals surface area contributed by atoms with Crippen molar-refractivity contribution in [3.05, 3.63) is 45.1 Å². The van der Waals surface area contributed by atoms with Gasteiger partial charge in [0.2, 0.25) is 0 Å². The van der Waals surface area contributed by atoms with Crippen molar-refractivity contribution in [2.24, 2.45) is 0 Å². The molecule has 1 aliphatic heterocycles. The molecule has 1 fully saturated rings. The average molecular weight is 561 g/mol. The van der Waals surface area contributed by atoms with E-state index in [0.717, 1.165) is 51.4 Å². The summed E-state index contributed by atoms with van der Waals surface area (Å²) in [7, 11) is -10.9. The van der Waals surface area contributed by atoms with E-state index >= 15 is 0 Å². The van der Waals surface area contributed by atoms with Gasteiger partial charge in [-0.25, -0.2) is 0 Å². The monoisotopic (exact) mass is 560 g/mol. The van der Waals surface area contributed by atoms with Crippen LogP contribution in [0.15, 0.2) is 45.1 Å². The Balaban J connectivity index is 1.63. The molecule has 4 aliphatic carbocycles. The summed E-state index contributed by atoms with van der Waals surface area (Å²) < 4.78 is 30.2. The van der Waals surface area contributed by atoms with Crippen LogP contribution in [0.1, 0.15) is 103 Å². The molecular formula is C28H48O4Si4. The van der Waals surface area contributed by atoms with Gasteiger partial charge in [-0.05, 0) is 150 Å². The molecule has 0 unspecified atom stereocenters. The Morgan fingerprint density at radius 1 is 0.389 bits per heavy atom. The van der Waals surface area contributed by atoms with Crippen LogP contribution in [0.2, 0.25) is 26.2 Å². The highest BCUT2D eigenvalue weighted by atomic mass is 28.5. The molecule has 5 aliphatic rings. The van der Waals surface area contributed by atoms with Crippen molar-refractivity contribution >= 4 is 34.2 Å². The highest BCUT2D eigenvalue weighted by molar-refractivity contribution is 7.00. The molecule has 0 spiro atoms. The normalized spacial score (nSPS) is 40.8. The summed E-state index contributed by atoms with van der Waals surface area (Å²) >= 11 is 0. The van der Waals surface area contributed by atoms with E-state index < -0.39 is 34.2 Å². The molecule has 0 aromatic heterocycles. The van der Waals surface area contributed by atoms with Crippen molar-refractivity contribution in [1.29, 1.82) is 0 Å². The van der Waals surface area contributed by atoms with E-state index in [1.54, 1.807) is 0 Å². The third kappa shape index (κ3) is 5.66. The summed E-state index contributed by atoms with van der Waals surface area (Å²) in [6.45, 7) is 9.35. The van der Waals surface area contributed by atoms with Gasteiger partial charge in [0, 0.05) is 0 Å². The molecular weight excluding hydrogens is 513 g/mol. The van der Waals surface area contributed by atoms with Gasteiger partial charge in [0.1, 0.15) is 0 Å². The van der Waals surface area contributed by atoms with E-state index in [4.69, 9.17) is 16.5 Å². The quantitative estimate of drug-likeness (QED) is 0.323. The zero-order valence-corrected chi connectivity index (χ0v) is 27.3. The Morgan fingerprint density at radius 3 is 0.778 bits per heavy atom. The van der Waals surface area contributed by atoms with Gasteiger partial charge in [0.25, 0.3) is 0 Å². The first-order valence-corrected chi connectivity index (χ1v) is 24.1. The first-order chi connectivity index (χ1) is 17.2. The lowest BCUT2D eigenvalue weighted by molar-refractivity contribution is 0.238. The van der Waals surface area contributed by atoms with E-state index in [1.165, 1.54) is 72.2 Å². The second kappa shape index (κ2) is 11.0. The smallest absolute Gasteiger partial charge is 0.347 e. The number of rotatable bonds is 4. The summed E-state index contributed by atoms with van der Waals surface area (Å²) in [5, 5.41) is 5.81. The lowest BCUT2D eigenvalue weighted by atomic mass is 10.1. The first-order valence-electron chi connectivity index (χ1n) is 14.8. The molecule has 0 aromatic rings. The number of hydrogen-bond acceptors (Lipinski definition) is 4. The molecule has 0 N–H and O–H groups in total. The molecule has 200 valence electrons. The van der Waals surface area contributed by atoms with Crippen molar-refractivity contribution in [2.45, 2.75) is 129 Å². The minimum atomic E-state index is -2.71. The Hall–Kier alpha value is -0.332. The molecule has 0 radical (unpaired) electrons. The number of allylic oxidation sites excluding steroid dienone is 8. The average Bonchev–Trinajstić information content (AvgIpc) is 2.90. The van der Waals surface area contributed by atoms with Gasteiger partial charge in [-0.3, -0.25) is 0 Å². The van der Waals surface area contributed by atoms with Crippen LogP contribution in [0.3, 0.4) is 0 Å². The first kappa shape index (κ1) is 27.2. The highest BCUT2D eigenvalue weighted by Crippen LogP contribution is 2.45. The van der Waals surface area contributed by atoms with Gasteiger partial charge < -0.3 is 16.5 Å². The van der Waals surface area contributed by atoms with Crippen molar-refractivity contribution in [2.75, 3.05) is 0 Å². The van der Waals surface area contributed by atoms with Crippen LogP contribution in [-0.4, -0.2) is 34.2 Å². The third-order valence-electron chi connectivity index (χ3n) is 9.06. The molecule has 36 heavy (non-hydrogen) atoms. The Labute approximate surface area is 224 Å². The number of hydrogen-bond donors (Lipinski definition) is 0. The molecule has 5 rings (SSSR count). The van der Waals surface area contributed by atoms with E-state index in [1.807, 2.05) is 0 Å². The summed E-state index contributed by atoms with van der Waals surface area (Å²) in [6.07, 6.45) is 28.9. The van der Waals surface area contributed by atoms with E-state index in [9.17, 15) is 0 Å². The summed E-state index contributed by atoms with van der Waals surface area (Å²) in [4.78, 5) is 0. The van der Waals surface area contributed by atoms with Crippen molar-refractivity contribution in [3.8, 4) is 0 Å². The van der Waals surface area contributed by atoms with E-state index in [2.05, 4.69) is 50.5 Å². The fraction of sp³-hybridized carbons (Fsp3) is 0.714. The third-order valence-corrected chi connectivity index (χ3v) is 28.0. The van der Waals surface area contributed by atoms with E-state index in [-0.39, 0.29) is 0 Å². The van der Waals surface area contributed by atoms with Crippen LogP contribution in [0.5, 0.6) is 0 Å². The van der Waals surface area contributed by atoms with Gasteiger partial charge in [-0.1, -0.05) is 24.3 Å². The van der Waals surface area contributed by atoms with E-state index in [0.29, 0.717) is 0 Å². The van der Waals surface area contributed by atoms with Crippen LogP contribution in [0.4, 0.5) is 0 Å². The van der Waals surface area contributed by atoms with Gasteiger partial charge in [-0.2, -0.15) is 0 Å². The predicted molar refractivity (Wildman–Crippen MR) is 157 cm³/mol. The molecule has 0 amide bonds. The van der Waals surface area contributed by atoms with Crippen LogP contribution in [0.25, 0.3) is 0 Å². The molecule has 0 bridgehead atoms. The Bertz CT molecular complexity index is 793. The van der Waals surface area contributed by atoms with Crippen LogP contribution < -0.4 is 0 Å². The summed E-state index contributed by atoms with van der Waals surface area (Å²) in [5.74, 6) is 0. The minimum absolute atomic E-state index is 1.11.